The summed E-state index contributed by atoms with van der Waals surface area (Å²) in [5.41, 5.74) is 0.827. The van der Waals surface area contributed by atoms with E-state index in [0.717, 1.165) is 42.4 Å². The number of hydrogen-bond acceptors (Lipinski definition) is 2. The Hall–Kier alpha value is -1.58. The third-order valence-electron chi connectivity index (χ3n) is 4.09. The quantitative estimate of drug-likeness (QED) is 0.945. The highest BCUT2D eigenvalue weighted by molar-refractivity contribution is 6.07. The van der Waals surface area contributed by atoms with E-state index in [1.165, 1.54) is 0 Å². The van der Waals surface area contributed by atoms with E-state index in [-0.39, 0.29) is 18.3 Å². The minimum Gasteiger partial charge on any atom is -0.338 e. The largest absolute Gasteiger partial charge is 0.338 e. The average molecular weight is 305 g/mol. The molecular formula is C17H21ClN2O. The Morgan fingerprint density at radius 2 is 2.00 bits per heavy atom. The van der Waals surface area contributed by atoms with E-state index in [0.29, 0.717) is 5.92 Å². The van der Waals surface area contributed by atoms with Gasteiger partial charge < -0.3 is 10.2 Å². The van der Waals surface area contributed by atoms with Crippen molar-refractivity contribution in [2.24, 2.45) is 5.92 Å². The molecule has 0 saturated carbocycles. The Bertz CT molecular complexity index is 624. The lowest BCUT2D eigenvalue weighted by atomic mass is 10.0. The summed E-state index contributed by atoms with van der Waals surface area (Å²) in [4.78, 5) is 14.7. The van der Waals surface area contributed by atoms with Crippen molar-refractivity contribution in [3.05, 3.63) is 48.0 Å². The second-order valence-corrected chi connectivity index (χ2v) is 5.49. The number of halogens is 1. The van der Waals surface area contributed by atoms with E-state index in [1.807, 2.05) is 42.3 Å². The molecule has 0 radical (unpaired) electrons. The number of fused-ring (bicyclic) bond motifs is 1. The second-order valence-electron chi connectivity index (χ2n) is 5.49. The van der Waals surface area contributed by atoms with Gasteiger partial charge in [0.25, 0.3) is 5.91 Å². The number of hydrogen-bond donors (Lipinski definition) is 1. The SMILES string of the molecule is CNCC1CCN(C(=O)c2cccc3ccccc23)C1.Cl. The molecule has 1 aliphatic rings. The van der Waals surface area contributed by atoms with E-state index in [1.54, 1.807) is 0 Å². The van der Waals surface area contributed by atoms with Crippen LogP contribution in [0.25, 0.3) is 10.8 Å². The van der Waals surface area contributed by atoms with Gasteiger partial charge in [-0.1, -0.05) is 36.4 Å². The van der Waals surface area contributed by atoms with Crippen LogP contribution in [0.4, 0.5) is 0 Å². The summed E-state index contributed by atoms with van der Waals surface area (Å²) in [5.74, 6) is 0.749. The van der Waals surface area contributed by atoms with Crippen LogP contribution in [-0.4, -0.2) is 37.5 Å². The van der Waals surface area contributed by atoms with Crippen LogP contribution in [0, 0.1) is 5.92 Å². The van der Waals surface area contributed by atoms with Crippen molar-refractivity contribution >= 4 is 29.1 Å². The predicted octanol–water partition coefficient (Wildman–Crippen LogP) is 2.94. The molecule has 1 unspecified atom stereocenters. The van der Waals surface area contributed by atoms with Crippen LogP contribution in [0.15, 0.2) is 42.5 Å². The molecule has 0 bridgehead atoms. The van der Waals surface area contributed by atoms with Gasteiger partial charge in [-0.05, 0) is 42.8 Å². The molecule has 112 valence electrons. The number of nitrogens with zero attached hydrogens (tertiary/aromatic N) is 1. The van der Waals surface area contributed by atoms with Crippen molar-refractivity contribution in [2.75, 3.05) is 26.7 Å². The molecule has 3 nitrogen and oxygen atoms in total. The van der Waals surface area contributed by atoms with Gasteiger partial charge in [0.15, 0.2) is 0 Å². The molecule has 0 aromatic heterocycles. The number of rotatable bonds is 3. The van der Waals surface area contributed by atoms with Gasteiger partial charge in [0.05, 0.1) is 0 Å². The molecule has 3 rings (SSSR count). The smallest absolute Gasteiger partial charge is 0.254 e. The Labute approximate surface area is 131 Å². The maximum atomic E-state index is 12.7. The van der Waals surface area contributed by atoms with Crippen LogP contribution in [-0.2, 0) is 0 Å². The van der Waals surface area contributed by atoms with Crippen molar-refractivity contribution < 1.29 is 4.79 Å². The maximum Gasteiger partial charge on any atom is 0.254 e. The molecule has 4 heteroatoms. The van der Waals surface area contributed by atoms with Gasteiger partial charge in [-0.25, -0.2) is 0 Å². The van der Waals surface area contributed by atoms with Crippen molar-refractivity contribution in [1.82, 2.24) is 10.2 Å². The van der Waals surface area contributed by atoms with E-state index in [9.17, 15) is 4.79 Å². The molecule has 1 saturated heterocycles. The monoisotopic (exact) mass is 304 g/mol. The predicted molar refractivity (Wildman–Crippen MR) is 89.1 cm³/mol. The second kappa shape index (κ2) is 6.92. The molecule has 1 N–H and O–H groups in total. The van der Waals surface area contributed by atoms with Crippen LogP contribution < -0.4 is 5.32 Å². The lowest BCUT2D eigenvalue weighted by Gasteiger charge is -2.17. The van der Waals surface area contributed by atoms with Crippen LogP contribution >= 0.6 is 12.4 Å². The number of benzene rings is 2. The maximum absolute atomic E-state index is 12.7. The first kappa shape index (κ1) is 15.8. The summed E-state index contributed by atoms with van der Waals surface area (Å²) in [6, 6.07) is 14.1. The number of likely N-dealkylation sites (tertiary alicyclic amines) is 1. The molecule has 1 atom stereocenters. The summed E-state index contributed by atoms with van der Waals surface area (Å²) >= 11 is 0. The zero-order chi connectivity index (χ0) is 13.9. The highest BCUT2D eigenvalue weighted by Gasteiger charge is 2.27. The molecule has 2 aromatic carbocycles. The molecule has 1 aliphatic heterocycles. The summed E-state index contributed by atoms with van der Waals surface area (Å²) in [6.07, 6.45) is 1.09. The minimum absolute atomic E-state index is 0. The lowest BCUT2D eigenvalue weighted by molar-refractivity contribution is 0.0789. The van der Waals surface area contributed by atoms with Crippen LogP contribution in [0.1, 0.15) is 16.8 Å². The van der Waals surface area contributed by atoms with Crippen molar-refractivity contribution in [2.45, 2.75) is 6.42 Å². The number of carbonyl (C=O) groups is 1. The first-order valence-electron chi connectivity index (χ1n) is 7.21. The molecule has 0 aliphatic carbocycles. The van der Waals surface area contributed by atoms with E-state index in [2.05, 4.69) is 17.4 Å². The van der Waals surface area contributed by atoms with Gasteiger partial charge in [0, 0.05) is 18.7 Å². The van der Waals surface area contributed by atoms with Gasteiger partial charge in [-0.3, -0.25) is 4.79 Å². The highest BCUT2D eigenvalue weighted by atomic mass is 35.5. The lowest BCUT2D eigenvalue weighted by Crippen LogP contribution is -2.30. The molecule has 2 aromatic rings. The topological polar surface area (TPSA) is 32.3 Å². The fourth-order valence-corrected chi connectivity index (χ4v) is 3.05. The van der Waals surface area contributed by atoms with Crippen molar-refractivity contribution in [3.63, 3.8) is 0 Å². The van der Waals surface area contributed by atoms with E-state index >= 15 is 0 Å². The molecular weight excluding hydrogens is 284 g/mol. The number of nitrogens with one attached hydrogen (secondary N) is 1. The van der Waals surface area contributed by atoms with Crippen LogP contribution in [0.3, 0.4) is 0 Å². The molecule has 1 fully saturated rings. The fourth-order valence-electron chi connectivity index (χ4n) is 3.05. The van der Waals surface area contributed by atoms with E-state index in [4.69, 9.17) is 0 Å². The van der Waals surface area contributed by atoms with Gasteiger partial charge in [0.2, 0.25) is 0 Å². The normalized spacial score (nSPS) is 17.8. The van der Waals surface area contributed by atoms with Gasteiger partial charge in [0.1, 0.15) is 0 Å². The number of carbonyl (C=O) groups excluding carboxylic acids is 1. The zero-order valence-corrected chi connectivity index (χ0v) is 13.0. The minimum atomic E-state index is 0. The Morgan fingerprint density at radius 1 is 1.24 bits per heavy atom. The zero-order valence-electron chi connectivity index (χ0n) is 12.2. The van der Waals surface area contributed by atoms with Crippen molar-refractivity contribution in [1.29, 1.82) is 0 Å². The van der Waals surface area contributed by atoms with E-state index < -0.39 is 0 Å². The highest BCUT2D eigenvalue weighted by Crippen LogP contribution is 2.23. The van der Waals surface area contributed by atoms with Gasteiger partial charge in [-0.15, -0.1) is 12.4 Å². The molecule has 1 amide bonds. The van der Waals surface area contributed by atoms with Crippen molar-refractivity contribution in [3.8, 4) is 0 Å². The third-order valence-corrected chi connectivity index (χ3v) is 4.09. The summed E-state index contributed by atoms with van der Waals surface area (Å²) in [6.45, 7) is 2.72. The fraction of sp³-hybridized carbons (Fsp3) is 0.353. The van der Waals surface area contributed by atoms with Crippen LogP contribution in [0.5, 0.6) is 0 Å². The summed E-state index contributed by atoms with van der Waals surface area (Å²) < 4.78 is 0. The molecule has 1 heterocycles. The molecule has 0 spiro atoms. The summed E-state index contributed by atoms with van der Waals surface area (Å²) in [5, 5.41) is 5.38. The Balaban J connectivity index is 0.00000161. The summed E-state index contributed by atoms with van der Waals surface area (Å²) in [7, 11) is 1.97. The Kier molecular flexibility index (Phi) is 5.21. The van der Waals surface area contributed by atoms with Gasteiger partial charge in [-0.2, -0.15) is 0 Å². The first-order chi connectivity index (χ1) is 9.79. The number of amides is 1. The first-order valence-corrected chi connectivity index (χ1v) is 7.21. The van der Waals surface area contributed by atoms with Crippen LogP contribution in [0.2, 0.25) is 0 Å². The average Bonchev–Trinajstić information content (AvgIpc) is 2.95. The standard InChI is InChI=1S/C17H20N2O.ClH/c1-18-11-13-9-10-19(12-13)17(20)16-8-4-6-14-5-2-3-7-15(14)16;/h2-8,13,18H,9-12H2,1H3;1H. The van der Waals surface area contributed by atoms with Gasteiger partial charge >= 0.3 is 0 Å². The molecule has 21 heavy (non-hydrogen) atoms. The third kappa shape index (κ3) is 3.20. The Morgan fingerprint density at radius 3 is 2.81 bits per heavy atom.